The molecule has 6 nitrogen and oxygen atoms in total. The van der Waals surface area contributed by atoms with Crippen molar-refractivity contribution in [2.45, 2.75) is 12.5 Å². The molecule has 1 aromatic carbocycles. The van der Waals surface area contributed by atoms with Gasteiger partial charge in [0.2, 0.25) is 5.91 Å². The zero-order valence-electron chi connectivity index (χ0n) is 12.1. The number of carbonyl (C=O) groups excluding carboxylic acids is 1. The Morgan fingerprint density at radius 3 is 2.76 bits per heavy atom. The van der Waals surface area contributed by atoms with Gasteiger partial charge in [-0.05, 0) is 12.1 Å². The van der Waals surface area contributed by atoms with E-state index in [1.54, 1.807) is 11.9 Å². The van der Waals surface area contributed by atoms with Crippen molar-refractivity contribution in [3.8, 4) is 0 Å². The molecule has 1 amide bonds. The number of ether oxygens (including phenoxy) is 1. The highest BCUT2D eigenvalue weighted by atomic mass is 16.5. The maximum Gasteiger partial charge on any atom is 0.305 e. The van der Waals surface area contributed by atoms with E-state index in [0.29, 0.717) is 19.8 Å². The van der Waals surface area contributed by atoms with Crippen LogP contribution in [0.15, 0.2) is 30.3 Å². The summed E-state index contributed by atoms with van der Waals surface area (Å²) in [4.78, 5) is 26.7. The number of rotatable bonds is 5. The topological polar surface area (TPSA) is 70.1 Å². The maximum atomic E-state index is 12.3. The van der Waals surface area contributed by atoms with E-state index in [2.05, 4.69) is 0 Å². The molecule has 1 atom stereocenters. The van der Waals surface area contributed by atoms with E-state index in [0.717, 1.165) is 5.69 Å². The molecule has 1 unspecified atom stereocenters. The summed E-state index contributed by atoms with van der Waals surface area (Å²) in [5, 5.41) is 8.93. The Hall–Kier alpha value is -1.92. The van der Waals surface area contributed by atoms with Gasteiger partial charge < -0.3 is 14.7 Å². The van der Waals surface area contributed by atoms with Crippen LogP contribution in [0.25, 0.3) is 0 Å². The third kappa shape index (κ3) is 4.27. The second-order valence-corrected chi connectivity index (χ2v) is 5.09. The average molecular weight is 292 g/mol. The summed E-state index contributed by atoms with van der Waals surface area (Å²) < 4.78 is 5.31. The molecule has 1 heterocycles. The molecule has 0 saturated carbocycles. The summed E-state index contributed by atoms with van der Waals surface area (Å²) in [6, 6.07) is 9.14. The fourth-order valence-electron chi connectivity index (χ4n) is 2.36. The van der Waals surface area contributed by atoms with E-state index < -0.39 is 5.97 Å². The van der Waals surface area contributed by atoms with E-state index >= 15 is 0 Å². The van der Waals surface area contributed by atoms with Crippen LogP contribution in [-0.2, 0) is 14.3 Å². The van der Waals surface area contributed by atoms with Gasteiger partial charge in [-0.1, -0.05) is 18.2 Å². The molecule has 0 radical (unpaired) electrons. The van der Waals surface area contributed by atoms with Crippen LogP contribution >= 0.6 is 0 Å². The smallest absolute Gasteiger partial charge is 0.305 e. The number of para-hydroxylation sites is 1. The Balaban J connectivity index is 1.98. The van der Waals surface area contributed by atoms with Crippen LogP contribution < -0.4 is 4.90 Å². The molecule has 21 heavy (non-hydrogen) atoms. The quantitative estimate of drug-likeness (QED) is 0.870. The number of aliphatic carboxylic acids is 1. The second-order valence-electron chi connectivity index (χ2n) is 5.09. The van der Waals surface area contributed by atoms with Crippen LogP contribution in [0.1, 0.15) is 6.42 Å². The fourth-order valence-corrected chi connectivity index (χ4v) is 2.36. The van der Waals surface area contributed by atoms with Crippen molar-refractivity contribution in [1.29, 1.82) is 0 Å². The van der Waals surface area contributed by atoms with Gasteiger partial charge in [-0.15, -0.1) is 0 Å². The van der Waals surface area contributed by atoms with Crippen molar-refractivity contribution in [3.05, 3.63) is 30.3 Å². The van der Waals surface area contributed by atoms with Gasteiger partial charge in [0.1, 0.15) is 0 Å². The Morgan fingerprint density at radius 2 is 2.10 bits per heavy atom. The van der Waals surface area contributed by atoms with Gasteiger partial charge in [-0.3, -0.25) is 14.5 Å². The van der Waals surface area contributed by atoms with E-state index in [4.69, 9.17) is 9.84 Å². The third-order valence-corrected chi connectivity index (χ3v) is 3.62. The maximum absolute atomic E-state index is 12.3. The minimum absolute atomic E-state index is 0.0116. The molecule has 1 N–H and O–H groups in total. The minimum Gasteiger partial charge on any atom is -0.481 e. The molecule has 0 aliphatic carbocycles. The molecular formula is C15H20N2O4. The number of carbonyl (C=O) groups is 2. The monoisotopic (exact) mass is 292 g/mol. The Labute approximate surface area is 123 Å². The van der Waals surface area contributed by atoms with Crippen LogP contribution in [0.2, 0.25) is 0 Å². The average Bonchev–Trinajstić information content (AvgIpc) is 2.49. The first-order chi connectivity index (χ1) is 10.1. The van der Waals surface area contributed by atoms with Gasteiger partial charge in [-0.2, -0.15) is 0 Å². The van der Waals surface area contributed by atoms with Crippen LogP contribution in [0.3, 0.4) is 0 Å². The lowest BCUT2D eigenvalue weighted by Crippen LogP contribution is -2.50. The van der Waals surface area contributed by atoms with Crippen molar-refractivity contribution in [1.82, 2.24) is 4.90 Å². The van der Waals surface area contributed by atoms with Crippen molar-refractivity contribution in [2.24, 2.45) is 0 Å². The summed E-state index contributed by atoms with van der Waals surface area (Å²) in [6.07, 6.45) is -0.0116. The molecule has 1 aromatic rings. The van der Waals surface area contributed by atoms with Crippen LogP contribution in [0.4, 0.5) is 5.69 Å². The predicted molar refractivity (Wildman–Crippen MR) is 78.3 cm³/mol. The molecular weight excluding hydrogens is 272 g/mol. The normalized spacial score (nSPS) is 19.2. The summed E-state index contributed by atoms with van der Waals surface area (Å²) in [7, 11) is 1.73. The lowest BCUT2D eigenvalue weighted by molar-refractivity contribution is -0.141. The molecule has 1 aliphatic heterocycles. The Morgan fingerprint density at radius 1 is 1.38 bits per heavy atom. The Bertz CT molecular complexity index is 492. The van der Waals surface area contributed by atoms with E-state index in [-0.39, 0.29) is 24.9 Å². The number of nitrogens with zero attached hydrogens (tertiary/aromatic N) is 2. The number of carboxylic acid groups (broad SMARTS) is 1. The van der Waals surface area contributed by atoms with Gasteiger partial charge in [0, 0.05) is 25.3 Å². The number of morpholine rings is 1. The van der Waals surface area contributed by atoms with Crippen molar-refractivity contribution in [2.75, 3.05) is 38.3 Å². The predicted octanol–water partition coefficient (Wildman–Crippen LogP) is 0.825. The molecule has 0 bridgehead atoms. The highest BCUT2D eigenvalue weighted by Crippen LogP contribution is 2.14. The molecule has 1 aliphatic rings. The number of likely N-dealkylation sites (N-methyl/N-ethyl adjacent to an activating group) is 1. The van der Waals surface area contributed by atoms with Gasteiger partial charge >= 0.3 is 5.97 Å². The van der Waals surface area contributed by atoms with Gasteiger partial charge in [0.15, 0.2) is 0 Å². The van der Waals surface area contributed by atoms with Crippen LogP contribution in [-0.4, -0.2) is 61.3 Å². The first kappa shape index (κ1) is 15.5. The van der Waals surface area contributed by atoms with E-state index in [1.807, 2.05) is 35.2 Å². The zero-order chi connectivity index (χ0) is 15.2. The van der Waals surface area contributed by atoms with Crippen molar-refractivity contribution < 1.29 is 19.4 Å². The largest absolute Gasteiger partial charge is 0.481 e. The highest BCUT2D eigenvalue weighted by molar-refractivity contribution is 5.94. The SMILES string of the molecule is CN(C(=O)CN1CCOCC1CC(=O)O)c1ccccc1. The number of benzene rings is 1. The van der Waals surface area contributed by atoms with E-state index in [9.17, 15) is 9.59 Å². The van der Waals surface area contributed by atoms with Crippen molar-refractivity contribution in [3.63, 3.8) is 0 Å². The second kappa shape index (κ2) is 7.19. The summed E-state index contributed by atoms with van der Waals surface area (Å²) in [5.41, 5.74) is 0.825. The molecule has 114 valence electrons. The van der Waals surface area contributed by atoms with Gasteiger partial charge in [0.05, 0.1) is 26.2 Å². The minimum atomic E-state index is -0.876. The van der Waals surface area contributed by atoms with E-state index in [1.165, 1.54) is 0 Å². The number of hydrogen-bond donors (Lipinski definition) is 1. The first-order valence-electron chi connectivity index (χ1n) is 6.93. The number of amides is 1. The van der Waals surface area contributed by atoms with Crippen LogP contribution in [0, 0.1) is 0 Å². The number of anilines is 1. The molecule has 1 fully saturated rings. The lowest BCUT2D eigenvalue weighted by Gasteiger charge is -2.35. The summed E-state index contributed by atoms with van der Waals surface area (Å²) >= 11 is 0. The highest BCUT2D eigenvalue weighted by Gasteiger charge is 2.27. The Kier molecular flexibility index (Phi) is 5.30. The molecule has 0 spiro atoms. The number of hydrogen-bond acceptors (Lipinski definition) is 4. The van der Waals surface area contributed by atoms with Gasteiger partial charge in [0.25, 0.3) is 0 Å². The zero-order valence-corrected chi connectivity index (χ0v) is 12.1. The molecule has 2 rings (SSSR count). The van der Waals surface area contributed by atoms with Crippen molar-refractivity contribution >= 4 is 17.6 Å². The lowest BCUT2D eigenvalue weighted by atomic mass is 10.1. The molecule has 1 saturated heterocycles. The summed E-state index contributed by atoms with van der Waals surface area (Å²) in [6.45, 7) is 1.66. The first-order valence-corrected chi connectivity index (χ1v) is 6.93. The molecule has 6 heteroatoms. The fraction of sp³-hybridized carbons (Fsp3) is 0.467. The third-order valence-electron chi connectivity index (χ3n) is 3.62. The van der Waals surface area contributed by atoms with Gasteiger partial charge in [-0.25, -0.2) is 0 Å². The van der Waals surface area contributed by atoms with Crippen LogP contribution in [0.5, 0.6) is 0 Å². The number of carboxylic acids is 1. The summed E-state index contributed by atoms with van der Waals surface area (Å²) in [5.74, 6) is -0.933. The molecule has 0 aromatic heterocycles. The standard InChI is InChI=1S/C15H20N2O4/c1-16(12-5-3-2-4-6-12)14(18)10-17-7-8-21-11-13(17)9-15(19)20/h2-6,13H,7-11H2,1H3,(H,19,20).